The summed E-state index contributed by atoms with van der Waals surface area (Å²) in [6.45, 7) is 1.36. The molecule has 0 saturated carbocycles. The number of aromatic nitrogens is 4. The molecule has 2 aliphatic rings. The third-order valence-electron chi connectivity index (χ3n) is 5.68. The van der Waals surface area contributed by atoms with Gasteiger partial charge < -0.3 is 15.0 Å². The number of nitrogens with zero attached hydrogens (tertiary/aromatic N) is 5. The molecule has 0 radical (unpaired) electrons. The number of benzene rings is 1. The number of nitrogens with one attached hydrogen (secondary N) is 3. The maximum atomic E-state index is 12.5. The average Bonchev–Trinajstić information content (AvgIpc) is 3.30. The molecule has 2 aromatic heterocycles. The molecule has 3 N–H and O–H groups in total. The summed E-state index contributed by atoms with van der Waals surface area (Å²) < 4.78 is 34.3. The zero-order valence-electron chi connectivity index (χ0n) is 17.2. The van der Waals surface area contributed by atoms with Crippen LogP contribution in [-0.4, -0.2) is 72.5 Å². The van der Waals surface area contributed by atoms with E-state index in [1.54, 1.807) is 6.07 Å². The van der Waals surface area contributed by atoms with Crippen LogP contribution >= 0.6 is 0 Å². The van der Waals surface area contributed by atoms with E-state index in [1.807, 2.05) is 24.3 Å². The molecule has 164 valence electrons. The highest BCUT2D eigenvalue weighted by molar-refractivity contribution is 7.90. The number of ether oxygens (including phenoxy) is 1. The van der Waals surface area contributed by atoms with Crippen molar-refractivity contribution < 1.29 is 13.2 Å². The van der Waals surface area contributed by atoms with Crippen molar-refractivity contribution in [1.29, 1.82) is 0 Å². The molecule has 3 aromatic rings. The van der Waals surface area contributed by atoms with Gasteiger partial charge in [0.15, 0.2) is 5.82 Å². The summed E-state index contributed by atoms with van der Waals surface area (Å²) in [5.41, 5.74) is 2.52. The quantitative estimate of drug-likeness (QED) is 0.524. The van der Waals surface area contributed by atoms with Crippen LogP contribution in [0.2, 0.25) is 0 Å². The number of hydrogen-bond acceptors (Lipinski definition) is 8. The minimum atomic E-state index is -3.70. The largest absolute Gasteiger partial charge is 0.377 e. The van der Waals surface area contributed by atoms with E-state index in [9.17, 15) is 8.42 Å². The first-order valence-corrected chi connectivity index (χ1v) is 11.5. The number of fused-ring (bicyclic) bond motifs is 3. The monoisotopic (exact) mass is 444 g/mol. The van der Waals surface area contributed by atoms with Crippen molar-refractivity contribution in [1.82, 2.24) is 24.7 Å². The standard InChI is InChI=1S/C19H24N8O3S/c1-26(2)31(28,29)24-16-7-8-18(27-13-4-5-14(27)11-30-10-13)21-19(16)20-12-3-6-15-17(9-12)23-25-22-15/h3,6-9,13-14,24H,4-5,10-11H2,1-2H3,(H,20,21)(H,22,23,25). The summed E-state index contributed by atoms with van der Waals surface area (Å²) in [4.78, 5) is 7.11. The molecule has 4 heterocycles. The summed E-state index contributed by atoms with van der Waals surface area (Å²) in [5.74, 6) is 1.21. The summed E-state index contributed by atoms with van der Waals surface area (Å²) in [7, 11) is -0.750. The zero-order valence-corrected chi connectivity index (χ0v) is 18.1. The Morgan fingerprint density at radius 3 is 2.58 bits per heavy atom. The lowest BCUT2D eigenvalue weighted by Crippen LogP contribution is -2.46. The highest BCUT2D eigenvalue weighted by Gasteiger charge is 2.38. The lowest BCUT2D eigenvalue weighted by atomic mass is 10.2. The highest BCUT2D eigenvalue weighted by atomic mass is 32.2. The second-order valence-electron chi connectivity index (χ2n) is 7.94. The van der Waals surface area contributed by atoms with E-state index in [2.05, 4.69) is 30.3 Å². The van der Waals surface area contributed by atoms with Crippen molar-refractivity contribution in [2.75, 3.05) is 42.2 Å². The predicted octanol–water partition coefficient (Wildman–Crippen LogP) is 1.68. The molecule has 5 rings (SSSR count). The smallest absolute Gasteiger partial charge is 0.301 e. The number of aromatic amines is 1. The maximum absolute atomic E-state index is 12.5. The van der Waals surface area contributed by atoms with Crippen LogP contribution in [-0.2, 0) is 14.9 Å². The van der Waals surface area contributed by atoms with E-state index < -0.39 is 10.2 Å². The molecule has 1 aromatic carbocycles. The molecule has 0 aliphatic carbocycles. The van der Waals surface area contributed by atoms with E-state index >= 15 is 0 Å². The minimum Gasteiger partial charge on any atom is -0.377 e. The fourth-order valence-electron chi connectivity index (χ4n) is 4.06. The van der Waals surface area contributed by atoms with Gasteiger partial charge in [0.1, 0.15) is 16.9 Å². The van der Waals surface area contributed by atoms with E-state index in [0.29, 0.717) is 30.2 Å². The molecule has 2 aliphatic heterocycles. The van der Waals surface area contributed by atoms with E-state index in [1.165, 1.54) is 14.1 Å². The third-order valence-corrected chi connectivity index (χ3v) is 7.12. The summed E-state index contributed by atoms with van der Waals surface area (Å²) in [5, 5.41) is 14.0. The van der Waals surface area contributed by atoms with Crippen LogP contribution in [0.5, 0.6) is 0 Å². The Labute approximate surface area is 180 Å². The molecular weight excluding hydrogens is 420 g/mol. The maximum Gasteiger partial charge on any atom is 0.301 e. The normalized spacial score (nSPS) is 21.1. The van der Waals surface area contributed by atoms with Crippen LogP contribution in [0.1, 0.15) is 12.8 Å². The van der Waals surface area contributed by atoms with Crippen molar-refractivity contribution >= 4 is 44.3 Å². The van der Waals surface area contributed by atoms with Crippen molar-refractivity contribution in [3.8, 4) is 0 Å². The molecule has 2 atom stereocenters. The van der Waals surface area contributed by atoms with Gasteiger partial charge in [-0.25, -0.2) is 4.98 Å². The van der Waals surface area contributed by atoms with Crippen LogP contribution < -0.4 is 14.9 Å². The van der Waals surface area contributed by atoms with E-state index in [0.717, 1.165) is 34.2 Å². The van der Waals surface area contributed by atoms with E-state index in [4.69, 9.17) is 9.72 Å². The molecular formula is C19H24N8O3S. The lowest BCUT2D eigenvalue weighted by Gasteiger charge is -2.36. The van der Waals surface area contributed by atoms with Crippen molar-refractivity contribution in [2.24, 2.45) is 0 Å². The van der Waals surface area contributed by atoms with Gasteiger partial charge in [0.25, 0.3) is 0 Å². The molecule has 11 nitrogen and oxygen atoms in total. The first kappa shape index (κ1) is 20.0. The van der Waals surface area contributed by atoms with Gasteiger partial charge in [0, 0.05) is 19.8 Å². The van der Waals surface area contributed by atoms with Gasteiger partial charge in [0.05, 0.1) is 31.0 Å². The lowest BCUT2D eigenvalue weighted by molar-refractivity contribution is 0.0902. The van der Waals surface area contributed by atoms with Crippen LogP contribution in [0.3, 0.4) is 0 Å². The van der Waals surface area contributed by atoms with Gasteiger partial charge in [-0.05, 0) is 43.2 Å². The van der Waals surface area contributed by atoms with Crippen molar-refractivity contribution in [3.05, 3.63) is 30.3 Å². The highest BCUT2D eigenvalue weighted by Crippen LogP contribution is 2.36. The molecule has 2 unspecified atom stereocenters. The second-order valence-corrected chi connectivity index (χ2v) is 9.82. The number of pyridine rings is 1. The van der Waals surface area contributed by atoms with Crippen LogP contribution in [0.25, 0.3) is 11.0 Å². The second kappa shape index (κ2) is 7.62. The molecule has 0 spiro atoms. The molecule has 2 saturated heterocycles. The van der Waals surface area contributed by atoms with Crippen molar-refractivity contribution in [2.45, 2.75) is 24.9 Å². The molecule has 0 amide bonds. The Bertz CT molecular complexity index is 1200. The van der Waals surface area contributed by atoms with Crippen LogP contribution in [0, 0.1) is 0 Å². The van der Waals surface area contributed by atoms with Gasteiger partial charge in [-0.1, -0.05) is 0 Å². The number of anilines is 4. The van der Waals surface area contributed by atoms with Gasteiger partial charge in [-0.2, -0.15) is 28.1 Å². The summed E-state index contributed by atoms with van der Waals surface area (Å²) in [6.07, 6.45) is 2.12. The van der Waals surface area contributed by atoms with Gasteiger partial charge in [0.2, 0.25) is 0 Å². The number of hydrogen-bond donors (Lipinski definition) is 3. The zero-order chi connectivity index (χ0) is 21.6. The first-order valence-electron chi connectivity index (χ1n) is 10.1. The number of rotatable bonds is 6. The SMILES string of the molecule is CN(C)S(=O)(=O)Nc1ccc(N2C3CCC2COC3)nc1Nc1ccc2n[nH]nc2c1. The third kappa shape index (κ3) is 3.77. The molecule has 31 heavy (non-hydrogen) atoms. The Morgan fingerprint density at radius 1 is 1.10 bits per heavy atom. The fourth-order valence-corrected chi connectivity index (χ4v) is 4.68. The first-order chi connectivity index (χ1) is 14.9. The predicted molar refractivity (Wildman–Crippen MR) is 118 cm³/mol. The molecule has 2 bridgehead atoms. The molecule has 12 heteroatoms. The van der Waals surface area contributed by atoms with Crippen LogP contribution in [0.15, 0.2) is 30.3 Å². The van der Waals surface area contributed by atoms with Gasteiger partial charge in [-0.3, -0.25) is 4.72 Å². The van der Waals surface area contributed by atoms with Crippen LogP contribution in [0.4, 0.5) is 23.0 Å². The Hall–Kier alpha value is -2.96. The number of morpholine rings is 1. The van der Waals surface area contributed by atoms with E-state index in [-0.39, 0.29) is 12.1 Å². The number of H-pyrrole nitrogens is 1. The fraction of sp³-hybridized carbons (Fsp3) is 0.421. The molecule has 2 fully saturated rings. The Morgan fingerprint density at radius 2 is 1.84 bits per heavy atom. The summed E-state index contributed by atoms with van der Waals surface area (Å²) >= 11 is 0. The average molecular weight is 445 g/mol. The minimum absolute atomic E-state index is 0.287. The Balaban J connectivity index is 1.53. The topological polar surface area (TPSA) is 128 Å². The van der Waals surface area contributed by atoms with Gasteiger partial charge >= 0.3 is 10.2 Å². The summed E-state index contributed by atoms with van der Waals surface area (Å²) in [6, 6.07) is 9.68. The van der Waals surface area contributed by atoms with Gasteiger partial charge in [-0.15, -0.1) is 0 Å². The Kier molecular flexibility index (Phi) is 4.91. The van der Waals surface area contributed by atoms with Crippen molar-refractivity contribution in [3.63, 3.8) is 0 Å².